The molecule has 7 heteroatoms. The van der Waals surface area contributed by atoms with Crippen LogP contribution in [0.15, 0.2) is 24.3 Å². The van der Waals surface area contributed by atoms with E-state index in [4.69, 9.17) is 0 Å². The summed E-state index contributed by atoms with van der Waals surface area (Å²) in [6.45, 7) is 0. The fraction of sp³-hybridized carbons (Fsp3) is 0.167. The van der Waals surface area contributed by atoms with Crippen molar-refractivity contribution in [2.45, 2.75) is 6.36 Å². The largest absolute Gasteiger partial charge is 0.573 e. The minimum Gasteiger partial charge on any atom is -0.508 e. The molecule has 0 atom stereocenters. The van der Waals surface area contributed by atoms with Crippen LogP contribution in [0.2, 0.25) is 0 Å². The first-order valence-corrected chi connectivity index (χ1v) is 5.20. The molecule has 0 radical (unpaired) electrons. The van der Waals surface area contributed by atoms with Gasteiger partial charge < -0.3 is 15.2 Å². The highest BCUT2D eigenvalue weighted by molar-refractivity contribution is 6.00. The van der Waals surface area contributed by atoms with Gasteiger partial charge in [-0.15, -0.1) is 13.2 Å². The molecule has 3 nitrogen and oxygen atoms in total. The maximum Gasteiger partial charge on any atom is 0.573 e. The van der Waals surface area contributed by atoms with Crippen molar-refractivity contribution in [2.75, 3.05) is 12.4 Å². The summed E-state index contributed by atoms with van der Waals surface area (Å²) < 4.78 is 54.2. The molecular formula is C12H9F4NO2. The van der Waals surface area contributed by atoms with E-state index < -0.39 is 17.9 Å². The van der Waals surface area contributed by atoms with E-state index in [0.717, 1.165) is 6.07 Å². The second-order valence-corrected chi connectivity index (χ2v) is 3.77. The average Bonchev–Trinajstić information content (AvgIpc) is 2.30. The molecule has 102 valence electrons. The van der Waals surface area contributed by atoms with Crippen molar-refractivity contribution < 1.29 is 27.4 Å². The molecule has 2 aromatic carbocycles. The van der Waals surface area contributed by atoms with Gasteiger partial charge in [0.05, 0.1) is 5.39 Å². The Bertz CT molecular complexity index is 625. The van der Waals surface area contributed by atoms with Crippen LogP contribution < -0.4 is 10.1 Å². The van der Waals surface area contributed by atoms with Gasteiger partial charge >= 0.3 is 6.36 Å². The zero-order valence-electron chi connectivity index (χ0n) is 9.68. The molecule has 0 heterocycles. The molecule has 0 amide bonds. The van der Waals surface area contributed by atoms with Gasteiger partial charge in [-0.05, 0) is 17.5 Å². The number of aromatic hydroxyl groups is 1. The summed E-state index contributed by atoms with van der Waals surface area (Å²) in [5, 5.41) is 12.2. The van der Waals surface area contributed by atoms with E-state index in [1.807, 2.05) is 0 Å². The van der Waals surface area contributed by atoms with E-state index in [2.05, 4.69) is 10.1 Å². The molecule has 2 rings (SSSR count). The van der Waals surface area contributed by atoms with Crippen molar-refractivity contribution in [1.29, 1.82) is 0 Å². The number of hydrogen-bond donors (Lipinski definition) is 2. The van der Waals surface area contributed by atoms with Gasteiger partial charge in [-0.3, -0.25) is 0 Å². The lowest BCUT2D eigenvalue weighted by Gasteiger charge is -2.15. The zero-order chi connectivity index (χ0) is 14.2. The number of phenols is 1. The minimum atomic E-state index is -5.00. The Balaban J connectivity index is 2.77. The SMILES string of the molecule is CNc1cc(O)cc2ccc(F)c(OC(F)(F)F)c12. The van der Waals surface area contributed by atoms with E-state index in [1.165, 1.54) is 25.2 Å². The molecule has 0 saturated carbocycles. The highest BCUT2D eigenvalue weighted by atomic mass is 19.4. The van der Waals surface area contributed by atoms with Crippen LogP contribution >= 0.6 is 0 Å². The standard InChI is InChI=1S/C12H9F4NO2/c1-17-9-5-7(18)4-6-2-3-8(13)11(10(6)9)19-12(14,15)16/h2-5,17-18H,1H3. The van der Waals surface area contributed by atoms with Crippen LogP contribution in [0.5, 0.6) is 11.5 Å². The molecule has 19 heavy (non-hydrogen) atoms. The van der Waals surface area contributed by atoms with Gasteiger partial charge in [0.2, 0.25) is 0 Å². The first-order valence-electron chi connectivity index (χ1n) is 5.20. The molecule has 0 fully saturated rings. The highest BCUT2D eigenvalue weighted by Gasteiger charge is 2.33. The van der Waals surface area contributed by atoms with Crippen LogP contribution in [-0.4, -0.2) is 18.5 Å². The topological polar surface area (TPSA) is 41.5 Å². The zero-order valence-corrected chi connectivity index (χ0v) is 9.68. The monoisotopic (exact) mass is 275 g/mol. The van der Waals surface area contributed by atoms with Crippen LogP contribution in [-0.2, 0) is 0 Å². The van der Waals surface area contributed by atoms with Crippen LogP contribution in [0.4, 0.5) is 23.2 Å². The third kappa shape index (κ3) is 2.64. The normalized spacial score (nSPS) is 11.6. The van der Waals surface area contributed by atoms with Crippen LogP contribution in [0.1, 0.15) is 0 Å². The Labute approximate surface area is 105 Å². The minimum absolute atomic E-state index is 0.0855. The summed E-state index contributed by atoms with van der Waals surface area (Å²) in [4.78, 5) is 0. The molecule has 0 aliphatic carbocycles. The van der Waals surface area contributed by atoms with Crippen LogP contribution in [0.3, 0.4) is 0 Å². The number of rotatable bonds is 2. The number of anilines is 1. The molecule has 2 N–H and O–H groups in total. The summed E-state index contributed by atoms with van der Waals surface area (Å²) in [7, 11) is 1.44. The summed E-state index contributed by atoms with van der Waals surface area (Å²) in [5.41, 5.74) is 0.133. The van der Waals surface area contributed by atoms with Crippen molar-refractivity contribution >= 4 is 16.5 Å². The Morgan fingerprint density at radius 1 is 1.21 bits per heavy atom. The molecule has 2 aromatic rings. The fourth-order valence-corrected chi connectivity index (χ4v) is 1.80. The smallest absolute Gasteiger partial charge is 0.508 e. The van der Waals surface area contributed by atoms with Gasteiger partial charge in [0.1, 0.15) is 5.75 Å². The lowest BCUT2D eigenvalue weighted by Crippen LogP contribution is -2.18. The predicted molar refractivity (Wildman–Crippen MR) is 61.8 cm³/mol. The molecule has 0 unspecified atom stereocenters. The molecule has 0 aliphatic heterocycles. The second-order valence-electron chi connectivity index (χ2n) is 3.77. The maximum atomic E-state index is 13.6. The van der Waals surface area contributed by atoms with Crippen LogP contribution in [0, 0.1) is 5.82 Å². The highest BCUT2D eigenvalue weighted by Crippen LogP contribution is 2.39. The summed E-state index contributed by atoms with van der Waals surface area (Å²) >= 11 is 0. The van der Waals surface area contributed by atoms with Crippen LogP contribution in [0.25, 0.3) is 10.8 Å². The summed E-state index contributed by atoms with van der Waals surface area (Å²) in [6, 6.07) is 4.51. The number of benzene rings is 2. The van der Waals surface area contributed by atoms with Gasteiger partial charge in [-0.25, -0.2) is 4.39 Å². The number of fused-ring (bicyclic) bond motifs is 1. The second kappa shape index (κ2) is 4.49. The molecule has 0 aliphatic rings. The average molecular weight is 275 g/mol. The Kier molecular flexibility index (Phi) is 3.13. The third-order valence-corrected chi connectivity index (χ3v) is 2.49. The van der Waals surface area contributed by atoms with Crippen molar-refractivity contribution in [2.24, 2.45) is 0 Å². The number of halogens is 4. The van der Waals surface area contributed by atoms with Crippen molar-refractivity contribution in [3.05, 3.63) is 30.1 Å². The molecule has 0 saturated heterocycles. The van der Waals surface area contributed by atoms with Gasteiger partial charge in [0, 0.05) is 18.8 Å². The number of hydrogen-bond acceptors (Lipinski definition) is 3. The first kappa shape index (κ1) is 13.3. The number of nitrogens with one attached hydrogen (secondary N) is 1. The Morgan fingerprint density at radius 2 is 1.89 bits per heavy atom. The number of phenolic OH excluding ortho intramolecular Hbond substituents is 1. The maximum absolute atomic E-state index is 13.6. The molecule has 0 bridgehead atoms. The van der Waals surface area contributed by atoms with Gasteiger partial charge in [-0.2, -0.15) is 0 Å². The van der Waals surface area contributed by atoms with Crippen molar-refractivity contribution in [3.8, 4) is 11.5 Å². The predicted octanol–water partition coefficient (Wildman–Crippen LogP) is 3.62. The quantitative estimate of drug-likeness (QED) is 0.822. The fourth-order valence-electron chi connectivity index (χ4n) is 1.80. The van der Waals surface area contributed by atoms with Gasteiger partial charge in [0.25, 0.3) is 0 Å². The summed E-state index contributed by atoms with van der Waals surface area (Å²) in [6.07, 6.45) is -5.00. The lowest BCUT2D eigenvalue weighted by atomic mass is 10.1. The summed E-state index contributed by atoms with van der Waals surface area (Å²) in [5.74, 6) is -2.21. The van der Waals surface area contributed by atoms with E-state index in [0.29, 0.717) is 0 Å². The lowest BCUT2D eigenvalue weighted by molar-refractivity contribution is -0.275. The third-order valence-electron chi connectivity index (χ3n) is 2.49. The van der Waals surface area contributed by atoms with E-state index >= 15 is 0 Å². The first-order chi connectivity index (χ1) is 8.81. The van der Waals surface area contributed by atoms with Gasteiger partial charge in [0.15, 0.2) is 11.6 Å². The van der Waals surface area contributed by atoms with Crippen molar-refractivity contribution in [3.63, 3.8) is 0 Å². The molecular weight excluding hydrogens is 266 g/mol. The Hall–Kier alpha value is -2.18. The number of alkyl halides is 3. The molecule has 0 aromatic heterocycles. The Morgan fingerprint density at radius 3 is 2.47 bits per heavy atom. The van der Waals surface area contributed by atoms with E-state index in [-0.39, 0.29) is 22.2 Å². The van der Waals surface area contributed by atoms with Crippen molar-refractivity contribution in [1.82, 2.24) is 0 Å². The number of ether oxygens (including phenoxy) is 1. The van der Waals surface area contributed by atoms with Gasteiger partial charge in [-0.1, -0.05) is 6.07 Å². The van der Waals surface area contributed by atoms with E-state index in [9.17, 15) is 22.7 Å². The molecule has 0 spiro atoms. The van der Waals surface area contributed by atoms with E-state index in [1.54, 1.807) is 0 Å².